The van der Waals surface area contributed by atoms with Gasteiger partial charge in [-0.3, -0.25) is 29.8 Å². The van der Waals surface area contributed by atoms with Crippen LogP contribution < -0.4 is 9.47 Å². The van der Waals surface area contributed by atoms with Gasteiger partial charge in [-0.1, -0.05) is 38.1 Å². The molecule has 0 heterocycles. The molecule has 2 aromatic carbocycles. The minimum atomic E-state index is -0.481. The lowest BCUT2D eigenvalue weighted by Gasteiger charge is -2.18. The topological polar surface area (TPSA) is 139 Å². The number of benzene rings is 2. The number of carbonyl (C=O) groups is 2. The van der Waals surface area contributed by atoms with Crippen molar-refractivity contribution in [1.82, 2.24) is 0 Å². The molecule has 10 heteroatoms. The maximum atomic E-state index is 12.0. The number of ether oxygens (including phenoxy) is 2. The highest BCUT2D eigenvalue weighted by atomic mass is 16.6. The lowest BCUT2D eigenvalue weighted by atomic mass is 9.86. The van der Waals surface area contributed by atoms with Crippen LogP contribution in [-0.2, 0) is 9.59 Å². The molecule has 0 amide bonds. The number of hydrogen-bond acceptors (Lipinski definition) is 8. The van der Waals surface area contributed by atoms with Crippen molar-refractivity contribution in [2.75, 3.05) is 14.2 Å². The summed E-state index contributed by atoms with van der Waals surface area (Å²) in [6, 6.07) is 9.16. The van der Waals surface area contributed by atoms with Crippen molar-refractivity contribution < 1.29 is 28.9 Å². The van der Waals surface area contributed by atoms with Crippen LogP contribution >= 0.6 is 0 Å². The number of allylic oxidation sites excluding steroid dienone is 4. The number of nitrogens with zero attached hydrogens (tertiary/aromatic N) is 2. The number of rotatable bonds is 6. The predicted molar refractivity (Wildman–Crippen MR) is 142 cm³/mol. The van der Waals surface area contributed by atoms with Crippen molar-refractivity contribution in [2.24, 2.45) is 11.8 Å². The summed E-state index contributed by atoms with van der Waals surface area (Å²) in [6.07, 6.45) is 6.01. The number of nitro benzene ring substituents is 2. The number of carbonyl (C=O) groups excluding carboxylic acids is 2. The molecule has 10 nitrogen and oxygen atoms in total. The monoisotopic (exact) mass is 522 g/mol. The Hall–Kier alpha value is -4.34. The summed E-state index contributed by atoms with van der Waals surface area (Å²) in [4.78, 5) is 45.4. The Bertz CT molecular complexity index is 1230. The van der Waals surface area contributed by atoms with E-state index in [9.17, 15) is 29.8 Å². The van der Waals surface area contributed by atoms with E-state index in [4.69, 9.17) is 9.47 Å². The average molecular weight is 523 g/mol. The first kappa shape index (κ1) is 28.2. The summed E-state index contributed by atoms with van der Waals surface area (Å²) in [6.45, 7) is 3.99. The minimum Gasteiger partial charge on any atom is -0.496 e. The molecule has 0 spiro atoms. The molecule has 0 unspecified atom stereocenters. The molecule has 0 saturated heterocycles. The molecule has 0 fully saturated rings. The Kier molecular flexibility index (Phi) is 9.11. The average Bonchev–Trinajstić information content (AvgIpc) is 2.90. The molecule has 0 radical (unpaired) electrons. The smallest absolute Gasteiger partial charge is 0.281 e. The first-order chi connectivity index (χ1) is 18.1. The molecule has 38 heavy (non-hydrogen) atoms. The zero-order chi connectivity index (χ0) is 28.0. The fourth-order valence-corrected chi connectivity index (χ4v) is 4.58. The van der Waals surface area contributed by atoms with Gasteiger partial charge in [0, 0.05) is 36.1 Å². The number of methoxy groups -OCH3 is 2. The normalized spacial score (nSPS) is 18.9. The maximum Gasteiger partial charge on any atom is 0.281 e. The Balaban J connectivity index is 0.000000211. The van der Waals surface area contributed by atoms with Crippen molar-refractivity contribution in [3.05, 3.63) is 79.9 Å². The summed E-state index contributed by atoms with van der Waals surface area (Å²) >= 11 is 0. The fraction of sp³-hybridized carbons (Fsp3) is 0.357. The number of hydrogen-bond donors (Lipinski definition) is 0. The summed E-state index contributed by atoms with van der Waals surface area (Å²) in [7, 11) is 2.89. The fourth-order valence-electron chi connectivity index (χ4n) is 4.58. The molecule has 0 bridgehead atoms. The van der Waals surface area contributed by atoms with Crippen LogP contribution in [0.4, 0.5) is 11.4 Å². The van der Waals surface area contributed by atoms with Crippen molar-refractivity contribution >= 4 is 34.1 Å². The van der Waals surface area contributed by atoms with Gasteiger partial charge in [-0.25, -0.2) is 0 Å². The van der Waals surface area contributed by atoms with E-state index < -0.39 is 9.85 Å². The van der Waals surface area contributed by atoms with Crippen molar-refractivity contribution in [3.63, 3.8) is 0 Å². The lowest BCUT2D eigenvalue weighted by molar-refractivity contribution is -0.385. The highest BCUT2D eigenvalue weighted by molar-refractivity contribution is 6.23. The van der Waals surface area contributed by atoms with Crippen LogP contribution in [-0.4, -0.2) is 35.6 Å². The van der Waals surface area contributed by atoms with Gasteiger partial charge in [-0.15, -0.1) is 0 Å². The Morgan fingerprint density at radius 1 is 0.711 bits per heavy atom. The molecule has 0 aromatic heterocycles. The number of Topliss-reactive ketones (excluding diaryl/α,β-unsaturated/α-hetero) is 2. The molecule has 200 valence electrons. The van der Waals surface area contributed by atoms with Gasteiger partial charge in [0.2, 0.25) is 0 Å². The third kappa shape index (κ3) is 6.13. The molecule has 0 aliphatic heterocycles. The second-order valence-corrected chi connectivity index (χ2v) is 9.26. The van der Waals surface area contributed by atoms with Crippen LogP contribution in [0.15, 0.2) is 48.6 Å². The van der Waals surface area contributed by atoms with E-state index in [0.29, 0.717) is 46.6 Å². The summed E-state index contributed by atoms with van der Waals surface area (Å²) < 4.78 is 10.4. The first-order valence-corrected chi connectivity index (χ1v) is 12.2. The minimum absolute atomic E-state index is 0.0642. The largest absolute Gasteiger partial charge is 0.496 e. The molecule has 2 aliphatic carbocycles. The second-order valence-electron chi connectivity index (χ2n) is 9.26. The molecule has 2 aromatic rings. The molecule has 2 aliphatic rings. The summed E-state index contributed by atoms with van der Waals surface area (Å²) in [5.74, 6) is 1.07. The van der Waals surface area contributed by atoms with Crippen LogP contribution in [0.5, 0.6) is 11.5 Å². The summed E-state index contributed by atoms with van der Waals surface area (Å²) in [5.41, 5.74) is 1.23. The lowest BCUT2D eigenvalue weighted by Crippen LogP contribution is -2.13. The van der Waals surface area contributed by atoms with Crippen LogP contribution in [0.25, 0.3) is 11.1 Å². The molecular formula is C28H30N2O8. The van der Waals surface area contributed by atoms with E-state index in [1.165, 1.54) is 26.4 Å². The molecule has 0 saturated carbocycles. The number of nitro groups is 2. The third-order valence-corrected chi connectivity index (χ3v) is 6.54. The van der Waals surface area contributed by atoms with E-state index in [1.807, 2.05) is 13.8 Å². The van der Waals surface area contributed by atoms with Crippen LogP contribution in [0.3, 0.4) is 0 Å². The highest BCUT2D eigenvalue weighted by Crippen LogP contribution is 2.39. The van der Waals surface area contributed by atoms with Gasteiger partial charge in [0.15, 0.2) is 11.6 Å². The van der Waals surface area contributed by atoms with Crippen molar-refractivity contribution in [2.45, 2.75) is 39.5 Å². The second kappa shape index (κ2) is 12.3. The SMILES string of the molecule is COc1cccc([N+](=O)[O-])c1C1=C[C@@H](C)CCC1=O.COc1cccc([N+](=O)[O-])c1C1=C[C@H](C)CCC1=O. The van der Waals surface area contributed by atoms with E-state index in [0.717, 1.165) is 12.8 Å². The molecule has 2 atom stereocenters. The standard InChI is InChI=1S/2C14H15NO4/c2*1-9-6-7-12(16)10(8-9)14-11(15(17)18)4-3-5-13(14)19-2/h2*3-5,8-9H,6-7H2,1-2H3/t2*9-/m10/s1. The van der Waals surface area contributed by atoms with Gasteiger partial charge < -0.3 is 9.47 Å². The Labute approximate surface area is 220 Å². The van der Waals surface area contributed by atoms with Gasteiger partial charge in [0.1, 0.15) is 22.6 Å². The first-order valence-electron chi connectivity index (χ1n) is 12.2. The Morgan fingerprint density at radius 2 is 1.08 bits per heavy atom. The van der Waals surface area contributed by atoms with Gasteiger partial charge in [0.25, 0.3) is 11.4 Å². The van der Waals surface area contributed by atoms with Gasteiger partial charge in [-0.2, -0.15) is 0 Å². The van der Waals surface area contributed by atoms with Crippen LogP contribution in [0.1, 0.15) is 50.7 Å². The quantitative estimate of drug-likeness (QED) is 0.334. The third-order valence-electron chi connectivity index (χ3n) is 6.54. The van der Waals surface area contributed by atoms with E-state index >= 15 is 0 Å². The summed E-state index contributed by atoms with van der Waals surface area (Å²) in [5, 5.41) is 22.3. The van der Waals surface area contributed by atoms with Gasteiger partial charge >= 0.3 is 0 Å². The number of ketones is 2. The molecule has 0 N–H and O–H groups in total. The van der Waals surface area contributed by atoms with Crippen LogP contribution in [0.2, 0.25) is 0 Å². The van der Waals surface area contributed by atoms with Gasteiger partial charge in [-0.05, 0) is 36.8 Å². The van der Waals surface area contributed by atoms with Crippen molar-refractivity contribution in [3.8, 4) is 11.5 Å². The van der Waals surface area contributed by atoms with E-state index in [-0.39, 0.29) is 34.8 Å². The zero-order valence-corrected chi connectivity index (χ0v) is 21.8. The van der Waals surface area contributed by atoms with E-state index in [2.05, 4.69) is 0 Å². The Morgan fingerprint density at radius 3 is 1.39 bits per heavy atom. The zero-order valence-electron chi connectivity index (χ0n) is 21.8. The predicted octanol–water partition coefficient (Wildman–Crippen LogP) is 5.97. The molecular weight excluding hydrogens is 492 g/mol. The molecule has 4 rings (SSSR count). The van der Waals surface area contributed by atoms with E-state index in [1.54, 1.807) is 36.4 Å². The van der Waals surface area contributed by atoms with Gasteiger partial charge in [0.05, 0.1) is 24.1 Å². The maximum absolute atomic E-state index is 12.0. The highest BCUT2D eigenvalue weighted by Gasteiger charge is 2.30. The van der Waals surface area contributed by atoms with Crippen LogP contribution in [0, 0.1) is 32.1 Å². The van der Waals surface area contributed by atoms with Crippen molar-refractivity contribution in [1.29, 1.82) is 0 Å².